The second kappa shape index (κ2) is 33.8. The molecule has 0 saturated heterocycles. The van der Waals surface area contributed by atoms with Crippen LogP contribution in [0.1, 0.15) is 207 Å². The maximum Gasteiger partial charge on any atom is 0.306 e. The van der Waals surface area contributed by atoms with Crippen molar-refractivity contribution in [3.63, 3.8) is 0 Å². The van der Waals surface area contributed by atoms with Crippen LogP contribution in [0.15, 0.2) is 0 Å². The molecule has 1 atom stereocenters. The first-order chi connectivity index (χ1) is 21.9. The van der Waals surface area contributed by atoms with E-state index in [0.717, 1.165) is 70.1 Å². The second-order valence-electron chi connectivity index (χ2n) is 13.7. The average Bonchev–Trinajstić information content (AvgIpc) is 3.01. The summed E-state index contributed by atoms with van der Waals surface area (Å²) in [5.74, 6) is -0.0513. The van der Waals surface area contributed by atoms with Gasteiger partial charge >= 0.3 is 17.9 Å². The second-order valence-corrected chi connectivity index (χ2v) is 13.7. The van der Waals surface area contributed by atoms with Crippen molar-refractivity contribution in [2.75, 3.05) is 13.2 Å². The zero-order valence-electron chi connectivity index (χ0n) is 30.3. The van der Waals surface area contributed by atoms with Crippen molar-refractivity contribution in [1.82, 2.24) is 0 Å². The van der Waals surface area contributed by atoms with Crippen molar-refractivity contribution >= 4 is 17.9 Å². The third kappa shape index (κ3) is 33.6. The van der Waals surface area contributed by atoms with Gasteiger partial charge in [0.25, 0.3) is 0 Å². The molecule has 0 aromatic heterocycles. The van der Waals surface area contributed by atoms with Gasteiger partial charge < -0.3 is 14.2 Å². The first kappa shape index (κ1) is 43.4. The molecule has 0 unspecified atom stereocenters. The summed E-state index contributed by atoms with van der Waals surface area (Å²) in [5, 5.41) is 0. The molecule has 0 heterocycles. The van der Waals surface area contributed by atoms with E-state index in [2.05, 4.69) is 27.7 Å². The number of unbranched alkanes of at least 4 members (excludes halogenated alkanes) is 21. The number of hydrogen-bond acceptors (Lipinski definition) is 6. The zero-order chi connectivity index (χ0) is 33.2. The van der Waals surface area contributed by atoms with Crippen LogP contribution in [0.4, 0.5) is 0 Å². The van der Waals surface area contributed by atoms with Crippen LogP contribution in [0.5, 0.6) is 0 Å². The molecular weight excluding hydrogens is 564 g/mol. The highest BCUT2D eigenvalue weighted by Gasteiger charge is 2.19. The molecule has 0 rings (SSSR count). The molecule has 0 fully saturated rings. The topological polar surface area (TPSA) is 78.9 Å². The summed E-state index contributed by atoms with van der Waals surface area (Å²) in [4.78, 5) is 37.1. The largest absolute Gasteiger partial charge is 0.462 e. The van der Waals surface area contributed by atoms with Crippen molar-refractivity contribution in [1.29, 1.82) is 0 Å². The Labute approximate surface area is 278 Å². The van der Waals surface area contributed by atoms with Crippen LogP contribution in [0, 0.1) is 5.92 Å². The molecule has 0 radical (unpaired) electrons. The number of carbonyl (C=O) groups is 3. The SMILES string of the molecule is CCCCCCCCCC(=O)OC[C@@H](COC(=O)CCCCCCCCCCCCCCC(C)C)OC(=O)CCCCCCC. The third-order valence-corrected chi connectivity index (χ3v) is 8.54. The molecule has 0 aliphatic carbocycles. The van der Waals surface area contributed by atoms with E-state index in [9.17, 15) is 14.4 Å². The quantitative estimate of drug-likeness (QED) is 0.0396. The van der Waals surface area contributed by atoms with Gasteiger partial charge in [-0.2, -0.15) is 0 Å². The van der Waals surface area contributed by atoms with Gasteiger partial charge in [-0.15, -0.1) is 0 Å². The van der Waals surface area contributed by atoms with E-state index < -0.39 is 6.10 Å². The van der Waals surface area contributed by atoms with Crippen LogP contribution >= 0.6 is 0 Å². The highest BCUT2D eigenvalue weighted by Crippen LogP contribution is 2.15. The third-order valence-electron chi connectivity index (χ3n) is 8.54. The van der Waals surface area contributed by atoms with Crippen molar-refractivity contribution < 1.29 is 28.6 Å². The summed E-state index contributed by atoms with van der Waals surface area (Å²) < 4.78 is 16.4. The lowest BCUT2D eigenvalue weighted by molar-refractivity contribution is -0.167. The first-order valence-corrected chi connectivity index (χ1v) is 19.4. The maximum atomic E-state index is 12.4. The molecule has 0 aliphatic heterocycles. The lowest BCUT2D eigenvalue weighted by atomic mass is 10.0. The van der Waals surface area contributed by atoms with Crippen LogP contribution in [-0.4, -0.2) is 37.2 Å². The van der Waals surface area contributed by atoms with E-state index in [1.807, 2.05) is 0 Å². The van der Waals surface area contributed by atoms with Crippen molar-refractivity contribution in [3.05, 3.63) is 0 Å². The summed E-state index contributed by atoms with van der Waals surface area (Å²) in [6.45, 7) is 8.84. The summed E-state index contributed by atoms with van der Waals surface area (Å²) in [6, 6.07) is 0. The zero-order valence-corrected chi connectivity index (χ0v) is 30.3. The molecule has 0 saturated carbocycles. The lowest BCUT2D eigenvalue weighted by Gasteiger charge is -2.18. The monoisotopic (exact) mass is 639 g/mol. The van der Waals surface area contributed by atoms with Crippen LogP contribution in [0.2, 0.25) is 0 Å². The molecule has 0 bridgehead atoms. The molecule has 0 aliphatic rings. The van der Waals surface area contributed by atoms with E-state index in [1.165, 1.54) is 96.3 Å². The molecule has 6 heteroatoms. The highest BCUT2D eigenvalue weighted by atomic mass is 16.6. The fourth-order valence-electron chi connectivity index (χ4n) is 5.57. The van der Waals surface area contributed by atoms with Gasteiger partial charge in [0.15, 0.2) is 6.10 Å². The lowest BCUT2D eigenvalue weighted by Crippen LogP contribution is -2.30. The van der Waals surface area contributed by atoms with Gasteiger partial charge in [-0.25, -0.2) is 0 Å². The van der Waals surface area contributed by atoms with Gasteiger partial charge in [0, 0.05) is 19.3 Å². The summed E-state index contributed by atoms with van der Waals surface area (Å²) >= 11 is 0. The summed E-state index contributed by atoms with van der Waals surface area (Å²) in [7, 11) is 0. The van der Waals surface area contributed by atoms with Crippen molar-refractivity contribution in [3.8, 4) is 0 Å². The smallest absolute Gasteiger partial charge is 0.306 e. The van der Waals surface area contributed by atoms with Gasteiger partial charge in [0.1, 0.15) is 13.2 Å². The Morgan fingerprint density at radius 3 is 1.09 bits per heavy atom. The van der Waals surface area contributed by atoms with Gasteiger partial charge in [-0.1, -0.05) is 169 Å². The van der Waals surface area contributed by atoms with Crippen molar-refractivity contribution in [2.45, 2.75) is 214 Å². The van der Waals surface area contributed by atoms with Gasteiger partial charge in [0.05, 0.1) is 0 Å². The van der Waals surface area contributed by atoms with E-state index in [4.69, 9.17) is 14.2 Å². The number of carbonyl (C=O) groups excluding carboxylic acids is 3. The Bertz CT molecular complexity index is 676. The molecule has 6 nitrogen and oxygen atoms in total. The molecular formula is C39H74O6. The summed E-state index contributed by atoms with van der Waals surface area (Å²) in [6.07, 6.45) is 29.9. The molecule has 45 heavy (non-hydrogen) atoms. The predicted molar refractivity (Wildman–Crippen MR) is 187 cm³/mol. The number of esters is 3. The minimum atomic E-state index is -0.755. The molecule has 0 spiro atoms. The van der Waals surface area contributed by atoms with Crippen LogP contribution < -0.4 is 0 Å². The summed E-state index contributed by atoms with van der Waals surface area (Å²) in [5.41, 5.74) is 0. The van der Waals surface area contributed by atoms with Crippen molar-refractivity contribution in [2.24, 2.45) is 5.92 Å². The van der Waals surface area contributed by atoms with Crippen LogP contribution in [-0.2, 0) is 28.6 Å². The van der Waals surface area contributed by atoms with Gasteiger partial charge in [-0.3, -0.25) is 14.4 Å². The molecule has 0 N–H and O–H groups in total. The minimum absolute atomic E-state index is 0.0666. The average molecular weight is 639 g/mol. The minimum Gasteiger partial charge on any atom is -0.462 e. The van der Waals surface area contributed by atoms with Crippen LogP contribution in [0.3, 0.4) is 0 Å². The van der Waals surface area contributed by atoms with Crippen LogP contribution in [0.25, 0.3) is 0 Å². The molecule has 0 aromatic rings. The van der Waals surface area contributed by atoms with E-state index >= 15 is 0 Å². The number of ether oxygens (including phenoxy) is 3. The Hall–Kier alpha value is -1.59. The fraction of sp³-hybridized carbons (Fsp3) is 0.923. The van der Waals surface area contributed by atoms with E-state index in [1.54, 1.807) is 0 Å². The number of rotatable bonds is 34. The molecule has 266 valence electrons. The normalized spacial score (nSPS) is 11.9. The predicted octanol–water partition coefficient (Wildman–Crippen LogP) is 11.6. The molecule has 0 amide bonds. The number of hydrogen-bond donors (Lipinski definition) is 0. The first-order valence-electron chi connectivity index (χ1n) is 19.4. The Kier molecular flexibility index (Phi) is 32.6. The fourth-order valence-corrected chi connectivity index (χ4v) is 5.57. The molecule has 0 aromatic carbocycles. The Morgan fingerprint density at radius 2 is 0.733 bits per heavy atom. The maximum absolute atomic E-state index is 12.4. The Balaban J connectivity index is 4.14. The standard InChI is InChI=1S/C39H74O6/c1-5-7-9-11-18-23-26-30-37(40)43-33-36(45-39(42)32-28-21-10-8-6-2)34-44-38(41)31-27-24-20-17-15-13-12-14-16-19-22-25-29-35(3)4/h35-36H,5-34H2,1-4H3/t36-/m0/s1. The van der Waals surface area contributed by atoms with E-state index in [0.29, 0.717) is 19.3 Å². The van der Waals surface area contributed by atoms with E-state index in [-0.39, 0.29) is 31.1 Å². The van der Waals surface area contributed by atoms with Gasteiger partial charge in [-0.05, 0) is 25.2 Å². The Morgan fingerprint density at radius 1 is 0.422 bits per heavy atom. The highest BCUT2D eigenvalue weighted by molar-refractivity contribution is 5.71. The van der Waals surface area contributed by atoms with Gasteiger partial charge in [0.2, 0.25) is 0 Å².